The molecule has 1 N–H and O–H groups in total. The van der Waals surface area contributed by atoms with Crippen molar-refractivity contribution in [3.8, 4) is 11.8 Å². The Labute approximate surface area is 115 Å². The molecule has 1 unspecified atom stereocenters. The maximum Gasteiger partial charge on any atom is 0.256 e. The number of para-hydroxylation sites is 1. The number of carbonyl (C=O) groups is 1. The van der Waals surface area contributed by atoms with Crippen molar-refractivity contribution in [2.24, 2.45) is 0 Å². The van der Waals surface area contributed by atoms with Crippen LogP contribution in [0.4, 0.5) is 0 Å². The molecular weight excluding hydrogens is 260 g/mol. The van der Waals surface area contributed by atoms with Crippen LogP contribution in [0.2, 0.25) is 0 Å². The fourth-order valence-electron chi connectivity index (χ4n) is 1.67. The van der Waals surface area contributed by atoms with Gasteiger partial charge in [0.25, 0.3) is 5.91 Å². The summed E-state index contributed by atoms with van der Waals surface area (Å²) in [6.45, 7) is 0. The molecule has 4 nitrogen and oxygen atoms in total. The third kappa shape index (κ3) is 2.92. The van der Waals surface area contributed by atoms with Gasteiger partial charge in [-0.05, 0) is 34.5 Å². The smallest absolute Gasteiger partial charge is 0.256 e. The maximum absolute atomic E-state index is 12.2. The van der Waals surface area contributed by atoms with Crippen LogP contribution in [0.25, 0.3) is 0 Å². The lowest BCUT2D eigenvalue weighted by Crippen LogP contribution is -2.27. The van der Waals surface area contributed by atoms with Crippen LogP contribution in [0.5, 0.6) is 5.75 Å². The van der Waals surface area contributed by atoms with Crippen molar-refractivity contribution < 1.29 is 9.53 Å². The Hall–Kier alpha value is -2.32. The van der Waals surface area contributed by atoms with E-state index in [-0.39, 0.29) is 5.91 Å². The van der Waals surface area contributed by atoms with Crippen LogP contribution >= 0.6 is 11.3 Å². The molecule has 1 atom stereocenters. The second kappa shape index (κ2) is 6.03. The van der Waals surface area contributed by atoms with Gasteiger partial charge in [-0.25, -0.2) is 0 Å². The van der Waals surface area contributed by atoms with Gasteiger partial charge < -0.3 is 10.1 Å². The number of thiophene rings is 1. The van der Waals surface area contributed by atoms with Gasteiger partial charge in [0.2, 0.25) is 0 Å². The van der Waals surface area contributed by atoms with Crippen LogP contribution in [0.1, 0.15) is 22.0 Å². The lowest BCUT2D eigenvalue weighted by molar-refractivity contribution is 0.0942. The first-order valence-corrected chi connectivity index (χ1v) is 6.56. The molecule has 1 aromatic carbocycles. The Morgan fingerprint density at radius 3 is 2.84 bits per heavy atom. The third-order valence-corrected chi connectivity index (χ3v) is 3.33. The van der Waals surface area contributed by atoms with Gasteiger partial charge >= 0.3 is 0 Å². The van der Waals surface area contributed by atoms with E-state index < -0.39 is 6.04 Å². The average molecular weight is 272 g/mol. The number of nitriles is 1. The molecule has 0 saturated carbocycles. The fraction of sp³-hybridized carbons (Fsp3) is 0.143. The predicted octanol–water partition coefficient (Wildman–Crippen LogP) is 2.75. The molecule has 1 amide bonds. The van der Waals surface area contributed by atoms with Gasteiger partial charge in [0.05, 0.1) is 18.7 Å². The van der Waals surface area contributed by atoms with Crippen molar-refractivity contribution >= 4 is 17.2 Å². The number of amides is 1. The molecule has 1 aromatic heterocycles. The molecule has 19 heavy (non-hydrogen) atoms. The largest absolute Gasteiger partial charge is 0.496 e. The standard InChI is InChI=1S/C14H12N2O2S/c1-18-13-5-3-2-4-11(13)14(17)16-12(8-15)10-6-7-19-9-10/h2-7,9,12H,1H3,(H,16,17). The second-order valence-corrected chi connectivity index (χ2v) is 4.57. The maximum atomic E-state index is 12.2. The Bertz CT molecular complexity index is 602. The second-order valence-electron chi connectivity index (χ2n) is 3.79. The first-order chi connectivity index (χ1) is 9.26. The first kappa shape index (κ1) is 13.1. The van der Waals surface area contributed by atoms with Crippen LogP contribution in [-0.2, 0) is 0 Å². The van der Waals surface area contributed by atoms with E-state index in [4.69, 9.17) is 10.00 Å². The number of hydrogen-bond acceptors (Lipinski definition) is 4. The Morgan fingerprint density at radius 2 is 2.21 bits per heavy atom. The lowest BCUT2D eigenvalue weighted by Gasteiger charge is -2.12. The first-order valence-electron chi connectivity index (χ1n) is 5.62. The number of nitrogens with zero attached hydrogens (tertiary/aromatic N) is 1. The molecule has 2 aromatic rings. The number of nitrogens with one attached hydrogen (secondary N) is 1. The molecule has 1 heterocycles. The zero-order chi connectivity index (χ0) is 13.7. The van der Waals surface area contributed by atoms with E-state index >= 15 is 0 Å². The molecule has 5 heteroatoms. The molecular formula is C14H12N2O2S. The minimum atomic E-state index is -0.649. The van der Waals surface area contributed by atoms with E-state index in [0.29, 0.717) is 11.3 Å². The summed E-state index contributed by atoms with van der Waals surface area (Å²) >= 11 is 1.49. The monoisotopic (exact) mass is 272 g/mol. The van der Waals surface area contributed by atoms with Crippen LogP contribution < -0.4 is 10.1 Å². The van der Waals surface area contributed by atoms with Crippen LogP contribution in [0.15, 0.2) is 41.1 Å². The van der Waals surface area contributed by atoms with Crippen molar-refractivity contribution in [3.05, 3.63) is 52.2 Å². The third-order valence-electron chi connectivity index (χ3n) is 2.63. The summed E-state index contributed by atoms with van der Waals surface area (Å²) in [5.74, 6) is 0.164. The molecule has 0 aliphatic heterocycles. The molecule has 0 saturated heterocycles. The van der Waals surface area contributed by atoms with E-state index in [1.54, 1.807) is 24.3 Å². The van der Waals surface area contributed by atoms with Crippen LogP contribution in [0, 0.1) is 11.3 Å². The van der Waals surface area contributed by atoms with E-state index in [9.17, 15) is 4.79 Å². The summed E-state index contributed by atoms with van der Waals surface area (Å²) in [5.41, 5.74) is 1.20. The van der Waals surface area contributed by atoms with Crippen molar-refractivity contribution in [2.75, 3.05) is 7.11 Å². The number of carbonyl (C=O) groups excluding carboxylic acids is 1. The van der Waals surface area contributed by atoms with Gasteiger partial charge in [-0.1, -0.05) is 12.1 Å². The number of ether oxygens (including phenoxy) is 1. The average Bonchev–Trinajstić information content (AvgIpc) is 2.98. The lowest BCUT2D eigenvalue weighted by atomic mass is 10.1. The summed E-state index contributed by atoms with van der Waals surface area (Å²) in [7, 11) is 1.51. The highest BCUT2D eigenvalue weighted by atomic mass is 32.1. The Kier molecular flexibility index (Phi) is 4.16. The molecule has 0 bridgehead atoms. The molecule has 0 aliphatic rings. The number of methoxy groups -OCH3 is 1. The Morgan fingerprint density at radius 1 is 1.42 bits per heavy atom. The van der Waals surface area contributed by atoms with E-state index in [1.165, 1.54) is 18.4 Å². The van der Waals surface area contributed by atoms with Crippen molar-refractivity contribution in [2.45, 2.75) is 6.04 Å². The van der Waals surface area contributed by atoms with E-state index in [2.05, 4.69) is 11.4 Å². The highest BCUT2D eigenvalue weighted by molar-refractivity contribution is 7.08. The SMILES string of the molecule is COc1ccccc1C(=O)NC(C#N)c1ccsc1. The normalized spacial score (nSPS) is 11.4. The fourth-order valence-corrected chi connectivity index (χ4v) is 2.36. The highest BCUT2D eigenvalue weighted by Crippen LogP contribution is 2.20. The van der Waals surface area contributed by atoms with Gasteiger partial charge in [0.15, 0.2) is 0 Å². The molecule has 0 radical (unpaired) electrons. The number of benzene rings is 1. The summed E-state index contributed by atoms with van der Waals surface area (Å²) in [4.78, 5) is 12.2. The zero-order valence-corrected chi connectivity index (χ0v) is 11.1. The number of rotatable bonds is 4. The summed E-state index contributed by atoms with van der Waals surface area (Å²) in [5, 5.41) is 15.5. The van der Waals surface area contributed by atoms with E-state index in [0.717, 1.165) is 5.56 Å². The van der Waals surface area contributed by atoms with Gasteiger partial charge in [-0.3, -0.25) is 4.79 Å². The molecule has 2 rings (SSSR count). The van der Waals surface area contributed by atoms with Gasteiger partial charge in [-0.15, -0.1) is 0 Å². The van der Waals surface area contributed by atoms with Gasteiger partial charge in [-0.2, -0.15) is 16.6 Å². The molecule has 0 aliphatic carbocycles. The van der Waals surface area contributed by atoms with Crippen molar-refractivity contribution in [1.29, 1.82) is 5.26 Å². The van der Waals surface area contributed by atoms with Crippen LogP contribution in [-0.4, -0.2) is 13.0 Å². The Balaban J connectivity index is 2.19. The van der Waals surface area contributed by atoms with Crippen molar-refractivity contribution in [3.63, 3.8) is 0 Å². The summed E-state index contributed by atoms with van der Waals surface area (Å²) < 4.78 is 5.13. The summed E-state index contributed by atoms with van der Waals surface area (Å²) in [6, 6.07) is 10.2. The van der Waals surface area contributed by atoms with Crippen LogP contribution in [0.3, 0.4) is 0 Å². The minimum Gasteiger partial charge on any atom is -0.496 e. The predicted molar refractivity (Wildman–Crippen MR) is 73.1 cm³/mol. The molecule has 96 valence electrons. The highest BCUT2D eigenvalue weighted by Gasteiger charge is 2.17. The molecule has 0 spiro atoms. The molecule has 0 fully saturated rings. The van der Waals surface area contributed by atoms with Gasteiger partial charge in [0.1, 0.15) is 11.8 Å². The van der Waals surface area contributed by atoms with Crippen molar-refractivity contribution in [1.82, 2.24) is 5.32 Å². The summed E-state index contributed by atoms with van der Waals surface area (Å²) in [6.07, 6.45) is 0. The van der Waals surface area contributed by atoms with E-state index in [1.807, 2.05) is 16.8 Å². The topological polar surface area (TPSA) is 62.1 Å². The number of hydrogen-bond donors (Lipinski definition) is 1. The quantitative estimate of drug-likeness (QED) is 0.930. The van der Waals surface area contributed by atoms with Gasteiger partial charge in [0, 0.05) is 0 Å². The zero-order valence-electron chi connectivity index (χ0n) is 10.3. The minimum absolute atomic E-state index is 0.324.